The second kappa shape index (κ2) is 3.53. The lowest BCUT2D eigenvalue weighted by atomic mass is 10.2. The van der Waals surface area contributed by atoms with Gasteiger partial charge >= 0.3 is 0 Å². The average molecular weight is 192 g/mol. The third-order valence-electron chi connectivity index (χ3n) is 1.74. The second-order valence-corrected chi connectivity index (χ2v) is 3.69. The predicted molar refractivity (Wildman–Crippen MR) is 52.0 cm³/mol. The third-order valence-corrected chi connectivity index (χ3v) is 2.61. The molecule has 0 aromatic carbocycles. The molecular formula is C9H8N2OS. The van der Waals surface area contributed by atoms with Crippen LogP contribution in [0.4, 0.5) is 0 Å². The van der Waals surface area contributed by atoms with Crippen LogP contribution in [0.3, 0.4) is 0 Å². The number of hydrogen-bond donors (Lipinski definition) is 1. The molecule has 0 bridgehead atoms. The first-order valence-corrected chi connectivity index (χ1v) is 4.78. The van der Waals surface area contributed by atoms with Gasteiger partial charge in [-0.1, -0.05) is 6.07 Å². The Balaban J connectivity index is 2.29. The molecule has 2 heterocycles. The zero-order valence-corrected chi connectivity index (χ0v) is 7.67. The highest BCUT2D eigenvalue weighted by atomic mass is 32.1. The highest BCUT2D eigenvalue weighted by Gasteiger charge is 2.00. The molecule has 0 aliphatic rings. The molecule has 2 aromatic heterocycles. The van der Waals surface area contributed by atoms with Crippen molar-refractivity contribution in [2.24, 2.45) is 0 Å². The summed E-state index contributed by atoms with van der Waals surface area (Å²) in [4.78, 5) is 18.9. The van der Waals surface area contributed by atoms with Crippen LogP contribution in [0.5, 0.6) is 0 Å². The van der Waals surface area contributed by atoms with Gasteiger partial charge in [0.1, 0.15) is 0 Å². The maximum Gasteiger partial charge on any atom is 0.254 e. The van der Waals surface area contributed by atoms with Crippen LogP contribution in [-0.2, 0) is 6.42 Å². The van der Waals surface area contributed by atoms with E-state index in [1.807, 2.05) is 17.5 Å². The van der Waals surface area contributed by atoms with Crippen molar-refractivity contribution in [3.8, 4) is 0 Å². The van der Waals surface area contributed by atoms with E-state index in [0.29, 0.717) is 12.0 Å². The summed E-state index contributed by atoms with van der Waals surface area (Å²) in [6, 6.07) is 3.99. The lowest BCUT2D eigenvalue weighted by Crippen LogP contribution is -2.11. The SMILES string of the molecule is O=c1[nH]cncc1Cc1cccs1. The van der Waals surface area contributed by atoms with Crippen LogP contribution in [0, 0.1) is 0 Å². The zero-order valence-electron chi connectivity index (χ0n) is 6.86. The minimum atomic E-state index is -0.0524. The highest BCUT2D eigenvalue weighted by Crippen LogP contribution is 2.11. The van der Waals surface area contributed by atoms with Gasteiger partial charge in [-0.25, -0.2) is 4.98 Å². The molecule has 0 radical (unpaired) electrons. The van der Waals surface area contributed by atoms with Gasteiger partial charge in [-0.05, 0) is 11.4 Å². The van der Waals surface area contributed by atoms with Gasteiger partial charge in [-0.3, -0.25) is 4.79 Å². The van der Waals surface area contributed by atoms with E-state index < -0.39 is 0 Å². The summed E-state index contributed by atoms with van der Waals surface area (Å²) < 4.78 is 0. The molecule has 0 saturated heterocycles. The minimum absolute atomic E-state index is 0.0524. The average Bonchev–Trinajstić information content (AvgIpc) is 2.61. The first-order chi connectivity index (χ1) is 6.36. The van der Waals surface area contributed by atoms with E-state index in [4.69, 9.17) is 0 Å². The molecule has 13 heavy (non-hydrogen) atoms. The van der Waals surface area contributed by atoms with Crippen molar-refractivity contribution in [2.75, 3.05) is 0 Å². The van der Waals surface area contributed by atoms with Crippen molar-refractivity contribution in [3.63, 3.8) is 0 Å². The quantitative estimate of drug-likeness (QED) is 0.782. The van der Waals surface area contributed by atoms with Crippen LogP contribution in [0.25, 0.3) is 0 Å². The summed E-state index contributed by atoms with van der Waals surface area (Å²) in [7, 11) is 0. The van der Waals surface area contributed by atoms with Gasteiger partial charge in [0.25, 0.3) is 5.56 Å². The molecule has 0 amide bonds. The van der Waals surface area contributed by atoms with Crippen molar-refractivity contribution in [3.05, 3.63) is 50.8 Å². The van der Waals surface area contributed by atoms with E-state index in [-0.39, 0.29) is 5.56 Å². The largest absolute Gasteiger partial charge is 0.313 e. The summed E-state index contributed by atoms with van der Waals surface area (Å²) in [5.41, 5.74) is 0.661. The Morgan fingerprint density at radius 1 is 1.54 bits per heavy atom. The fraction of sp³-hybridized carbons (Fsp3) is 0.111. The Morgan fingerprint density at radius 2 is 2.46 bits per heavy atom. The summed E-state index contributed by atoms with van der Waals surface area (Å²) in [6.07, 6.45) is 3.68. The number of rotatable bonds is 2. The predicted octanol–water partition coefficient (Wildman–Crippen LogP) is 1.42. The standard InChI is InChI=1S/C9H8N2OS/c12-9-7(5-10-6-11-9)4-8-2-1-3-13-8/h1-3,5-6H,4H2,(H,10,11,12). The van der Waals surface area contributed by atoms with Crippen molar-refractivity contribution in [1.82, 2.24) is 9.97 Å². The number of nitrogens with one attached hydrogen (secondary N) is 1. The Morgan fingerprint density at radius 3 is 3.15 bits per heavy atom. The van der Waals surface area contributed by atoms with Crippen LogP contribution in [-0.4, -0.2) is 9.97 Å². The first-order valence-electron chi connectivity index (χ1n) is 3.90. The maximum absolute atomic E-state index is 11.3. The molecule has 0 aliphatic heterocycles. The van der Waals surface area contributed by atoms with E-state index in [0.717, 1.165) is 0 Å². The molecule has 2 rings (SSSR count). The number of aromatic nitrogens is 2. The van der Waals surface area contributed by atoms with Gasteiger partial charge < -0.3 is 4.98 Å². The van der Waals surface area contributed by atoms with E-state index in [2.05, 4.69) is 9.97 Å². The van der Waals surface area contributed by atoms with Crippen LogP contribution < -0.4 is 5.56 Å². The molecule has 4 heteroatoms. The number of nitrogens with zero attached hydrogens (tertiary/aromatic N) is 1. The molecule has 0 aliphatic carbocycles. The minimum Gasteiger partial charge on any atom is -0.313 e. The Bertz CT molecular complexity index is 433. The van der Waals surface area contributed by atoms with Crippen LogP contribution in [0.1, 0.15) is 10.4 Å². The van der Waals surface area contributed by atoms with Gasteiger partial charge in [-0.2, -0.15) is 0 Å². The van der Waals surface area contributed by atoms with Crippen LogP contribution >= 0.6 is 11.3 Å². The van der Waals surface area contributed by atoms with Gasteiger partial charge in [0.2, 0.25) is 0 Å². The van der Waals surface area contributed by atoms with E-state index in [1.165, 1.54) is 11.2 Å². The summed E-state index contributed by atoms with van der Waals surface area (Å²) >= 11 is 1.65. The Hall–Kier alpha value is -1.42. The lowest BCUT2D eigenvalue weighted by Gasteiger charge is -1.94. The maximum atomic E-state index is 11.3. The summed E-state index contributed by atoms with van der Waals surface area (Å²) in [5.74, 6) is 0. The smallest absolute Gasteiger partial charge is 0.254 e. The van der Waals surface area contributed by atoms with Crippen molar-refractivity contribution < 1.29 is 0 Å². The van der Waals surface area contributed by atoms with Crippen LogP contribution in [0.2, 0.25) is 0 Å². The zero-order chi connectivity index (χ0) is 9.10. The molecule has 3 nitrogen and oxygen atoms in total. The Labute approximate surface area is 79.1 Å². The molecule has 0 saturated carbocycles. The van der Waals surface area contributed by atoms with Gasteiger partial charge in [0, 0.05) is 23.1 Å². The highest BCUT2D eigenvalue weighted by molar-refractivity contribution is 7.09. The van der Waals surface area contributed by atoms with Crippen molar-refractivity contribution >= 4 is 11.3 Å². The summed E-state index contributed by atoms with van der Waals surface area (Å²) in [6.45, 7) is 0. The fourth-order valence-corrected chi connectivity index (χ4v) is 1.83. The molecule has 0 fully saturated rings. The topological polar surface area (TPSA) is 45.8 Å². The van der Waals surface area contributed by atoms with Gasteiger partial charge in [-0.15, -0.1) is 11.3 Å². The monoisotopic (exact) mass is 192 g/mol. The number of thiophene rings is 1. The van der Waals surface area contributed by atoms with Crippen molar-refractivity contribution in [1.29, 1.82) is 0 Å². The van der Waals surface area contributed by atoms with E-state index in [1.54, 1.807) is 17.5 Å². The molecule has 0 atom stereocenters. The van der Waals surface area contributed by atoms with Gasteiger partial charge in [0.05, 0.1) is 6.33 Å². The number of hydrogen-bond acceptors (Lipinski definition) is 3. The molecule has 2 aromatic rings. The molecule has 0 spiro atoms. The van der Waals surface area contributed by atoms with E-state index >= 15 is 0 Å². The molecule has 0 unspecified atom stereocenters. The Kier molecular flexibility index (Phi) is 2.23. The van der Waals surface area contributed by atoms with Gasteiger partial charge in [0.15, 0.2) is 0 Å². The molecular weight excluding hydrogens is 184 g/mol. The number of H-pyrrole nitrogens is 1. The summed E-state index contributed by atoms with van der Waals surface area (Å²) in [5, 5.41) is 2.00. The molecule has 66 valence electrons. The number of aromatic amines is 1. The van der Waals surface area contributed by atoms with E-state index in [9.17, 15) is 4.79 Å². The van der Waals surface area contributed by atoms with Crippen molar-refractivity contribution in [2.45, 2.75) is 6.42 Å². The second-order valence-electron chi connectivity index (χ2n) is 2.66. The first kappa shape index (κ1) is 8.19. The molecule has 1 N–H and O–H groups in total. The third kappa shape index (κ3) is 1.84. The fourth-order valence-electron chi connectivity index (χ4n) is 1.10. The lowest BCUT2D eigenvalue weighted by molar-refractivity contribution is 1.04. The van der Waals surface area contributed by atoms with Crippen LogP contribution in [0.15, 0.2) is 34.8 Å². The normalized spacial score (nSPS) is 10.2.